The number of halogens is 2. The normalized spacial score (nSPS) is 17.1. The van der Waals surface area contributed by atoms with E-state index in [2.05, 4.69) is 15.2 Å². The molecular weight excluding hydrogens is 550 g/mol. The number of benzene rings is 2. The topological polar surface area (TPSA) is 74.8 Å². The molecule has 0 aliphatic carbocycles. The number of aromatic nitrogens is 1. The van der Waals surface area contributed by atoms with Gasteiger partial charge in [0.15, 0.2) is 0 Å². The van der Waals surface area contributed by atoms with Crippen molar-refractivity contribution < 1.29 is 23.1 Å². The quantitative estimate of drug-likeness (QED) is 0.358. The highest BCUT2D eigenvalue weighted by Gasteiger charge is 2.26. The molecule has 43 heavy (non-hydrogen) atoms. The molecule has 228 valence electrons. The molecule has 2 aromatic carbocycles. The highest BCUT2D eigenvalue weighted by atomic mass is 19.1. The van der Waals surface area contributed by atoms with Crippen LogP contribution in [-0.4, -0.2) is 64.9 Å². The van der Waals surface area contributed by atoms with Crippen molar-refractivity contribution in [1.82, 2.24) is 20.1 Å². The fourth-order valence-corrected chi connectivity index (χ4v) is 5.79. The predicted molar refractivity (Wildman–Crippen MR) is 161 cm³/mol. The third-order valence-corrected chi connectivity index (χ3v) is 8.25. The third kappa shape index (κ3) is 8.16. The van der Waals surface area contributed by atoms with Crippen LogP contribution in [0.4, 0.5) is 8.78 Å². The molecule has 7 nitrogen and oxygen atoms in total. The Kier molecular flexibility index (Phi) is 9.40. The van der Waals surface area contributed by atoms with Crippen LogP contribution in [0.15, 0.2) is 60.8 Å². The van der Waals surface area contributed by atoms with Gasteiger partial charge >= 0.3 is 0 Å². The maximum Gasteiger partial charge on any atom is 0.270 e. The van der Waals surface area contributed by atoms with Gasteiger partial charge in [-0.3, -0.25) is 19.5 Å². The molecule has 0 radical (unpaired) electrons. The van der Waals surface area contributed by atoms with Crippen molar-refractivity contribution in [3.63, 3.8) is 0 Å². The van der Waals surface area contributed by atoms with Crippen molar-refractivity contribution >= 4 is 11.8 Å². The van der Waals surface area contributed by atoms with Gasteiger partial charge < -0.3 is 15.0 Å². The van der Waals surface area contributed by atoms with Crippen molar-refractivity contribution in [2.45, 2.75) is 70.8 Å². The van der Waals surface area contributed by atoms with Gasteiger partial charge in [-0.1, -0.05) is 18.2 Å². The number of likely N-dealkylation sites (tertiary alicyclic amines) is 2. The van der Waals surface area contributed by atoms with Gasteiger partial charge in [-0.2, -0.15) is 0 Å². The number of ether oxygens (including phenoxy) is 1. The molecule has 1 N–H and O–H groups in total. The standard InChI is InChI=1S/C34H40F2N4O3/c1-23-18-24(20-27(35)19-23)22-39-14-10-28(11-15-39)38-32(41)31-9-4-25(21-37-31)33(42)40-16-12-30(13-17-40)43-29-7-5-26(6-8-29)34(2,3)36/h4-9,18-21,28,30H,10-17,22H2,1-3H3,(H,38,41). The second kappa shape index (κ2) is 13.2. The Morgan fingerprint density at radius 3 is 2.28 bits per heavy atom. The van der Waals surface area contributed by atoms with Gasteiger partial charge in [0.05, 0.1) is 5.56 Å². The number of pyridine rings is 1. The first-order chi connectivity index (χ1) is 20.5. The zero-order valence-corrected chi connectivity index (χ0v) is 25.1. The fraction of sp³-hybridized carbons (Fsp3) is 0.441. The van der Waals surface area contributed by atoms with Crippen molar-refractivity contribution in [3.8, 4) is 5.75 Å². The SMILES string of the molecule is Cc1cc(F)cc(CN2CCC(NC(=O)c3ccc(C(=O)N4CCC(Oc5ccc(C(C)(C)F)cc5)CC4)cn3)CC2)c1. The maximum absolute atomic E-state index is 14.1. The molecule has 2 saturated heterocycles. The first-order valence-electron chi connectivity index (χ1n) is 15.0. The van der Waals surface area contributed by atoms with Crippen LogP contribution in [0, 0.1) is 12.7 Å². The number of amides is 2. The summed E-state index contributed by atoms with van der Waals surface area (Å²) in [5.41, 5.74) is 1.81. The van der Waals surface area contributed by atoms with Crippen molar-refractivity contribution in [3.05, 3.63) is 94.6 Å². The summed E-state index contributed by atoms with van der Waals surface area (Å²) in [5, 5.41) is 3.07. The van der Waals surface area contributed by atoms with E-state index in [0.717, 1.165) is 37.1 Å². The number of alkyl halides is 1. The highest BCUT2D eigenvalue weighted by Crippen LogP contribution is 2.27. The van der Waals surface area contributed by atoms with Crippen molar-refractivity contribution in [2.24, 2.45) is 0 Å². The third-order valence-electron chi connectivity index (χ3n) is 8.25. The van der Waals surface area contributed by atoms with E-state index < -0.39 is 5.67 Å². The van der Waals surface area contributed by atoms with Gasteiger partial charge in [0.25, 0.3) is 11.8 Å². The molecule has 2 aliphatic rings. The molecule has 3 aromatic rings. The van der Waals surface area contributed by atoms with E-state index in [4.69, 9.17) is 4.74 Å². The summed E-state index contributed by atoms with van der Waals surface area (Å²) in [6, 6.07) is 15.5. The lowest BCUT2D eigenvalue weighted by molar-refractivity contribution is 0.0594. The van der Waals surface area contributed by atoms with Crippen molar-refractivity contribution in [2.75, 3.05) is 26.2 Å². The van der Waals surface area contributed by atoms with Gasteiger partial charge in [-0.15, -0.1) is 0 Å². The molecule has 5 rings (SSSR count). The number of nitrogens with zero attached hydrogens (tertiary/aromatic N) is 3. The largest absolute Gasteiger partial charge is 0.490 e. The van der Waals surface area contributed by atoms with Crippen LogP contribution in [0.25, 0.3) is 0 Å². The van der Waals surface area contributed by atoms with Crippen LogP contribution in [0.2, 0.25) is 0 Å². The van der Waals surface area contributed by atoms with Crippen molar-refractivity contribution in [1.29, 1.82) is 0 Å². The Labute approximate surface area is 252 Å². The van der Waals surface area contributed by atoms with E-state index >= 15 is 0 Å². The summed E-state index contributed by atoms with van der Waals surface area (Å²) < 4.78 is 33.9. The number of carbonyl (C=O) groups excluding carboxylic acids is 2. The minimum absolute atomic E-state index is 0.0186. The zero-order valence-electron chi connectivity index (χ0n) is 25.1. The fourth-order valence-electron chi connectivity index (χ4n) is 5.79. The number of carbonyl (C=O) groups is 2. The molecular formula is C34H40F2N4O3. The molecule has 0 bridgehead atoms. The zero-order chi connectivity index (χ0) is 30.6. The predicted octanol–water partition coefficient (Wildman–Crippen LogP) is 5.81. The lowest BCUT2D eigenvalue weighted by Crippen LogP contribution is -2.44. The van der Waals surface area contributed by atoms with E-state index in [0.29, 0.717) is 49.4 Å². The molecule has 0 atom stereocenters. The molecule has 0 unspecified atom stereocenters. The minimum atomic E-state index is -1.40. The molecule has 0 spiro atoms. The summed E-state index contributed by atoms with van der Waals surface area (Å²) in [5.74, 6) is 0.114. The minimum Gasteiger partial charge on any atom is -0.490 e. The highest BCUT2D eigenvalue weighted by molar-refractivity contribution is 5.96. The molecule has 3 heterocycles. The Bertz CT molecular complexity index is 1390. The van der Waals surface area contributed by atoms with E-state index in [1.54, 1.807) is 47.4 Å². The number of nitrogens with one attached hydrogen (secondary N) is 1. The molecule has 2 amide bonds. The lowest BCUT2D eigenvalue weighted by atomic mass is 10.0. The van der Waals surface area contributed by atoms with Crippen LogP contribution in [0.1, 0.15) is 77.1 Å². The Morgan fingerprint density at radius 1 is 0.977 bits per heavy atom. The second-order valence-electron chi connectivity index (χ2n) is 12.2. The summed E-state index contributed by atoms with van der Waals surface area (Å²) in [7, 11) is 0. The number of aryl methyl sites for hydroxylation is 1. The monoisotopic (exact) mass is 590 g/mol. The number of piperidine rings is 2. The number of hydrogen-bond donors (Lipinski definition) is 1. The van der Waals surface area contributed by atoms with Crippen LogP contribution in [0.5, 0.6) is 5.75 Å². The first-order valence-corrected chi connectivity index (χ1v) is 15.0. The Balaban J connectivity index is 1.05. The Morgan fingerprint density at radius 2 is 1.67 bits per heavy atom. The van der Waals surface area contributed by atoms with E-state index in [-0.39, 0.29) is 35.5 Å². The van der Waals surface area contributed by atoms with Gasteiger partial charge in [0.2, 0.25) is 0 Å². The Hall–Kier alpha value is -3.85. The van der Waals surface area contributed by atoms with Crippen LogP contribution >= 0.6 is 0 Å². The second-order valence-corrected chi connectivity index (χ2v) is 12.2. The van der Waals surface area contributed by atoms with Gasteiger partial charge in [-0.05, 0) is 86.7 Å². The van der Waals surface area contributed by atoms with E-state index in [1.165, 1.54) is 26.1 Å². The van der Waals surface area contributed by atoms with Gasteiger partial charge in [0.1, 0.15) is 29.0 Å². The average molecular weight is 591 g/mol. The summed E-state index contributed by atoms with van der Waals surface area (Å²) >= 11 is 0. The van der Waals surface area contributed by atoms with Crippen LogP contribution in [-0.2, 0) is 12.2 Å². The smallest absolute Gasteiger partial charge is 0.270 e. The molecule has 2 fully saturated rings. The van der Waals surface area contributed by atoms with Crippen LogP contribution in [0.3, 0.4) is 0 Å². The molecule has 9 heteroatoms. The summed E-state index contributed by atoms with van der Waals surface area (Å²) in [6.07, 6.45) is 4.44. The van der Waals surface area contributed by atoms with Gasteiger partial charge in [-0.25, -0.2) is 8.78 Å². The molecule has 1 aromatic heterocycles. The van der Waals surface area contributed by atoms with Gasteiger partial charge in [0, 0.05) is 57.8 Å². The lowest BCUT2D eigenvalue weighted by Gasteiger charge is -2.32. The number of hydrogen-bond acceptors (Lipinski definition) is 5. The maximum atomic E-state index is 14.1. The summed E-state index contributed by atoms with van der Waals surface area (Å²) in [6.45, 7) is 8.37. The van der Waals surface area contributed by atoms with Crippen LogP contribution < -0.4 is 10.1 Å². The average Bonchev–Trinajstić information content (AvgIpc) is 2.97. The molecule has 0 saturated carbocycles. The number of rotatable bonds is 8. The van der Waals surface area contributed by atoms with E-state index in [1.807, 2.05) is 13.0 Å². The first kappa shape index (κ1) is 30.6. The molecule has 2 aliphatic heterocycles. The summed E-state index contributed by atoms with van der Waals surface area (Å²) in [4.78, 5) is 34.3. The van der Waals surface area contributed by atoms with E-state index in [9.17, 15) is 18.4 Å².